The summed E-state index contributed by atoms with van der Waals surface area (Å²) in [5, 5.41) is 5.31. The van der Waals surface area contributed by atoms with Crippen molar-refractivity contribution in [2.45, 2.75) is 31.9 Å². The van der Waals surface area contributed by atoms with Crippen molar-refractivity contribution in [3.63, 3.8) is 0 Å². The molecular formula is C22H22N2O4. The quantitative estimate of drug-likeness (QED) is 0.638. The second kappa shape index (κ2) is 8.35. The fourth-order valence-electron chi connectivity index (χ4n) is 3.43. The topological polar surface area (TPSA) is 70.4 Å². The van der Waals surface area contributed by atoms with Crippen molar-refractivity contribution >= 4 is 16.7 Å². The minimum atomic E-state index is -0.535. The van der Waals surface area contributed by atoms with E-state index in [0.29, 0.717) is 17.4 Å². The normalized spacial score (nSPS) is 16.8. The first-order valence-electron chi connectivity index (χ1n) is 9.55. The molecule has 1 aliphatic rings. The minimum absolute atomic E-state index is 0.0702. The van der Waals surface area contributed by atoms with Crippen LogP contribution in [0, 0.1) is 0 Å². The van der Waals surface area contributed by atoms with Crippen LogP contribution in [0.5, 0.6) is 0 Å². The largest absolute Gasteiger partial charge is 0.458 e. The number of rotatable bonds is 5. The van der Waals surface area contributed by atoms with E-state index in [1.807, 2.05) is 30.3 Å². The number of hydrogen-bond acceptors (Lipinski definition) is 5. The second-order valence-electron chi connectivity index (χ2n) is 6.93. The van der Waals surface area contributed by atoms with E-state index < -0.39 is 5.97 Å². The highest BCUT2D eigenvalue weighted by Gasteiger charge is 2.21. The van der Waals surface area contributed by atoms with Crippen LogP contribution >= 0.6 is 0 Å². The van der Waals surface area contributed by atoms with Gasteiger partial charge in [-0.05, 0) is 30.9 Å². The molecule has 2 heterocycles. The Balaban J connectivity index is 1.65. The maximum Gasteiger partial charge on any atom is 0.359 e. The maximum absolute atomic E-state index is 12.8. The number of nitrogens with zero attached hydrogens (tertiary/aromatic N) is 2. The molecule has 0 bridgehead atoms. The van der Waals surface area contributed by atoms with Crippen LogP contribution in [0.4, 0.5) is 0 Å². The van der Waals surface area contributed by atoms with Gasteiger partial charge >= 0.3 is 5.97 Å². The third-order valence-electron chi connectivity index (χ3n) is 4.91. The SMILES string of the molecule is O=C(OCC1CCCCO1)c1nn(Cc2ccccc2)c(=O)c2ccccc12. The Labute approximate surface area is 162 Å². The molecule has 1 saturated heterocycles. The summed E-state index contributed by atoms with van der Waals surface area (Å²) in [6, 6.07) is 16.6. The highest BCUT2D eigenvalue weighted by molar-refractivity contribution is 6.02. The van der Waals surface area contributed by atoms with Gasteiger partial charge < -0.3 is 9.47 Å². The lowest BCUT2D eigenvalue weighted by Crippen LogP contribution is -2.29. The first-order valence-corrected chi connectivity index (χ1v) is 9.55. The van der Waals surface area contributed by atoms with Gasteiger partial charge in [-0.15, -0.1) is 0 Å². The third kappa shape index (κ3) is 3.97. The van der Waals surface area contributed by atoms with Crippen molar-refractivity contribution in [1.29, 1.82) is 0 Å². The molecule has 2 aromatic carbocycles. The zero-order valence-corrected chi connectivity index (χ0v) is 15.5. The summed E-state index contributed by atoms with van der Waals surface area (Å²) in [6.45, 7) is 1.19. The molecule has 0 amide bonds. The van der Waals surface area contributed by atoms with Gasteiger partial charge in [0.15, 0.2) is 5.69 Å². The number of benzene rings is 2. The molecule has 0 N–H and O–H groups in total. The number of fused-ring (bicyclic) bond motifs is 1. The highest BCUT2D eigenvalue weighted by Crippen LogP contribution is 2.17. The average Bonchev–Trinajstić information content (AvgIpc) is 2.75. The summed E-state index contributed by atoms with van der Waals surface area (Å²) in [5.41, 5.74) is 0.857. The van der Waals surface area contributed by atoms with Crippen molar-refractivity contribution in [3.05, 3.63) is 76.2 Å². The molecule has 0 saturated carbocycles. The number of aromatic nitrogens is 2. The number of carbonyl (C=O) groups is 1. The predicted molar refractivity (Wildman–Crippen MR) is 105 cm³/mol. The molecule has 0 aliphatic carbocycles. The van der Waals surface area contributed by atoms with Crippen LogP contribution in [-0.2, 0) is 16.0 Å². The molecular weight excluding hydrogens is 356 g/mol. The monoisotopic (exact) mass is 378 g/mol. The molecule has 0 radical (unpaired) electrons. The van der Waals surface area contributed by atoms with E-state index in [0.717, 1.165) is 24.8 Å². The van der Waals surface area contributed by atoms with Crippen molar-refractivity contribution in [2.75, 3.05) is 13.2 Å². The van der Waals surface area contributed by atoms with Gasteiger partial charge in [-0.3, -0.25) is 4.79 Å². The van der Waals surface area contributed by atoms with Gasteiger partial charge in [0.25, 0.3) is 5.56 Å². The summed E-state index contributed by atoms with van der Waals surface area (Å²) < 4.78 is 12.4. The molecule has 28 heavy (non-hydrogen) atoms. The number of carbonyl (C=O) groups excluding carboxylic acids is 1. The molecule has 6 heteroatoms. The Hall–Kier alpha value is -2.99. The van der Waals surface area contributed by atoms with Crippen LogP contribution < -0.4 is 5.56 Å². The lowest BCUT2D eigenvalue weighted by Gasteiger charge is -2.22. The van der Waals surface area contributed by atoms with Crippen LogP contribution in [-0.4, -0.2) is 35.1 Å². The van der Waals surface area contributed by atoms with E-state index >= 15 is 0 Å². The van der Waals surface area contributed by atoms with Gasteiger partial charge in [0, 0.05) is 12.0 Å². The molecule has 4 rings (SSSR count). The number of esters is 1. The van der Waals surface area contributed by atoms with Gasteiger partial charge in [-0.25, -0.2) is 9.48 Å². The summed E-state index contributed by atoms with van der Waals surface area (Å²) >= 11 is 0. The van der Waals surface area contributed by atoms with Gasteiger partial charge in [0.1, 0.15) is 6.61 Å². The first kappa shape index (κ1) is 18.4. The van der Waals surface area contributed by atoms with E-state index in [4.69, 9.17) is 9.47 Å². The number of ether oxygens (including phenoxy) is 2. The van der Waals surface area contributed by atoms with E-state index in [9.17, 15) is 9.59 Å². The molecule has 1 atom stereocenters. The van der Waals surface area contributed by atoms with E-state index in [2.05, 4.69) is 5.10 Å². The van der Waals surface area contributed by atoms with Crippen LogP contribution in [0.2, 0.25) is 0 Å². The van der Waals surface area contributed by atoms with Crippen molar-refractivity contribution < 1.29 is 14.3 Å². The van der Waals surface area contributed by atoms with Gasteiger partial charge in [0.05, 0.1) is 18.0 Å². The first-order chi connectivity index (χ1) is 13.7. The van der Waals surface area contributed by atoms with Crippen molar-refractivity contribution in [1.82, 2.24) is 9.78 Å². The summed E-state index contributed by atoms with van der Waals surface area (Å²) in [7, 11) is 0. The van der Waals surface area contributed by atoms with Gasteiger partial charge in [0.2, 0.25) is 0 Å². The predicted octanol–water partition coefficient (Wildman–Crippen LogP) is 3.17. The average molecular weight is 378 g/mol. The van der Waals surface area contributed by atoms with Gasteiger partial charge in [-0.2, -0.15) is 5.10 Å². The molecule has 1 unspecified atom stereocenters. The van der Waals surface area contributed by atoms with E-state index in [1.54, 1.807) is 24.3 Å². The summed E-state index contributed by atoms with van der Waals surface area (Å²) in [6.07, 6.45) is 2.93. The molecule has 0 spiro atoms. The van der Waals surface area contributed by atoms with Crippen LogP contribution in [0.15, 0.2) is 59.4 Å². The Morgan fingerprint density at radius 1 is 1.07 bits per heavy atom. The minimum Gasteiger partial charge on any atom is -0.458 e. The van der Waals surface area contributed by atoms with Crippen LogP contribution in [0.25, 0.3) is 10.8 Å². The molecule has 6 nitrogen and oxygen atoms in total. The second-order valence-corrected chi connectivity index (χ2v) is 6.93. The fourth-order valence-corrected chi connectivity index (χ4v) is 3.43. The summed E-state index contributed by atoms with van der Waals surface area (Å²) in [4.78, 5) is 25.6. The van der Waals surface area contributed by atoms with Gasteiger partial charge in [-0.1, -0.05) is 48.5 Å². The lowest BCUT2D eigenvalue weighted by atomic mass is 10.1. The molecule has 1 aromatic heterocycles. The van der Waals surface area contributed by atoms with Crippen LogP contribution in [0.3, 0.4) is 0 Å². The zero-order valence-electron chi connectivity index (χ0n) is 15.5. The smallest absolute Gasteiger partial charge is 0.359 e. The standard InChI is InChI=1S/C22H22N2O4/c25-21-19-12-5-4-11-18(19)20(22(26)28-15-17-10-6-7-13-27-17)23-24(21)14-16-8-2-1-3-9-16/h1-5,8-9,11-12,17H,6-7,10,13-15H2. The third-order valence-corrected chi connectivity index (χ3v) is 4.91. The maximum atomic E-state index is 12.8. The molecule has 1 aliphatic heterocycles. The lowest BCUT2D eigenvalue weighted by molar-refractivity contribution is -0.0302. The fraction of sp³-hybridized carbons (Fsp3) is 0.318. The van der Waals surface area contributed by atoms with Crippen molar-refractivity contribution in [2.24, 2.45) is 0 Å². The summed E-state index contributed by atoms with van der Waals surface area (Å²) in [5.74, 6) is -0.535. The highest BCUT2D eigenvalue weighted by atomic mass is 16.6. The molecule has 3 aromatic rings. The molecule has 144 valence electrons. The Kier molecular flexibility index (Phi) is 5.48. The number of hydrogen-bond donors (Lipinski definition) is 0. The van der Waals surface area contributed by atoms with Crippen molar-refractivity contribution in [3.8, 4) is 0 Å². The van der Waals surface area contributed by atoms with E-state index in [1.165, 1.54) is 4.68 Å². The Morgan fingerprint density at radius 3 is 2.57 bits per heavy atom. The zero-order chi connectivity index (χ0) is 19.3. The Bertz CT molecular complexity index is 1020. The Morgan fingerprint density at radius 2 is 1.82 bits per heavy atom. The van der Waals surface area contributed by atoms with Crippen LogP contribution in [0.1, 0.15) is 35.3 Å². The van der Waals surface area contributed by atoms with E-state index in [-0.39, 0.29) is 30.5 Å². The molecule has 1 fully saturated rings.